The predicted molar refractivity (Wildman–Crippen MR) is 126 cm³/mol. The zero-order chi connectivity index (χ0) is 21.9. The number of anilines is 1. The fourth-order valence-corrected chi connectivity index (χ4v) is 4.99. The highest BCUT2D eigenvalue weighted by Crippen LogP contribution is 2.38. The van der Waals surface area contributed by atoms with Gasteiger partial charge in [0, 0.05) is 42.5 Å². The Hall–Kier alpha value is -2.93. The molecule has 7 heteroatoms. The highest BCUT2D eigenvalue weighted by Gasteiger charge is 2.24. The van der Waals surface area contributed by atoms with Crippen LogP contribution in [0.15, 0.2) is 24.7 Å². The molecule has 0 spiro atoms. The van der Waals surface area contributed by atoms with Crippen molar-refractivity contribution in [2.75, 3.05) is 18.0 Å². The fraction of sp³-hybridized carbons (Fsp3) is 0.458. The number of piperazine rings is 1. The van der Waals surface area contributed by atoms with Crippen LogP contribution in [0.1, 0.15) is 50.3 Å². The van der Waals surface area contributed by atoms with Gasteiger partial charge in [-0.3, -0.25) is 0 Å². The van der Waals surface area contributed by atoms with Crippen LogP contribution in [0, 0.1) is 13.8 Å². The van der Waals surface area contributed by atoms with E-state index in [4.69, 9.17) is 4.98 Å². The predicted octanol–water partition coefficient (Wildman–Crippen LogP) is 4.20. The molecule has 0 unspecified atom stereocenters. The molecule has 162 valence electrons. The van der Waals surface area contributed by atoms with E-state index >= 15 is 0 Å². The molecule has 0 bridgehead atoms. The van der Waals surface area contributed by atoms with Crippen LogP contribution in [0.2, 0.25) is 0 Å². The monoisotopic (exact) mass is 417 g/mol. The SMILES string of the molecule is Cc1c(-c2[nH]c3ccc(N4C[C@H](C)N[C@@H](C)C4)nc3c2C(C)C)cn2ncnc2c1C. The van der Waals surface area contributed by atoms with Crippen LogP contribution in [0.5, 0.6) is 0 Å². The average molecular weight is 418 g/mol. The Kier molecular flexibility index (Phi) is 4.73. The van der Waals surface area contributed by atoms with Crippen LogP contribution >= 0.6 is 0 Å². The largest absolute Gasteiger partial charge is 0.353 e. The summed E-state index contributed by atoms with van der Waals surface area (Å²) in [5, 5.41) is 7.99. The molecule has 1 aliphatic heterocycles. The second-order valence-corrected chi connectivity index (χ2v) is 9.33. The Balaban J connectivity index is 1.68. The molecule has 31 heavy (non-hydrogen) atoms. The van der Waals surface area contributed by atoms with Gasteiger partial charge >= 0.3 is 0 Å². The molecule has 2 N–H and O–H groups in total. The highest BCUT2D eigenvalue weighted by molar-refractivity contribution is 5.90. The van der Waals surface area contributed by atoms with Crippen LogP contribution in [0.25, 0.3) is 27.9 Å². The van der Waals surface area contributed by atoms with Gasteiger partial charge in [-0.05, 0) is 56.9 Å². The molecule has 4 aromatic heterocycles. The number of hydrogen-bond acceptors (Lipinski definition) is 5. The maximum absolute atomic E-state index is 5.17. The summed E-state index contributed by atoms with van der Waals surface area (Å²) in [6, 6.07) is 5.23. The minimum absolute atomic E-state index is 0.332. The number of aryl methyl sites for hydroxylation is 1. The summed E-state index contributed by atoms with van der Waals surface area (Å²) >= 11 is 0. The third-order valence-corrected chi connectivity index (χ3v) is 6.52. The first-order valence-corrected chi connectivity index (χ1v) is 11.2. The zero-order valence-electron chi connectivity index (χ0n) is 19.2. The van der Waals surface area contributed by atoms with Gasteiger partial charge in [0.1, 0.15) is 12.1 Å². The quantitative estimate of drug-likeness (QED) is 0.523. The van der Waals surface area contributed by atoms with Crippen molar-refractivity contribution in [3.63, 3.8) is 0 Å². The van der Waals surface area contributed by atoms with Crippen molar-refractivity contribution in [3.8, 4) is 11.3 Å². The van der Waals surface area contributed by atoms with Crippen LogP contribution in [0.3, 0.4) is 0 Å². The number of aromatic nitrogens is 5. The maximum Gasteiger partial charge on any atom is 0.158 e. The maximum atomic E-state index is 5.17. The van der Waals surface area contributed by atoms with Gasteiger partial charge < -0.3 is 15.2 Å². The Morgan fingerprint density at radius 1 is 1.06 bits per heavy atom. The lowest BCUT2D eigenvalue weighted by atomic mass is 9.95. The number of rotatable bonds is 3. The summed E-state index contributed by atoms with van der Waals surface area (Å²) in [5.74, 6) is 1.39. The van der Waals surface area contributed by atoms with Gasteiger partial charge in [-0.1, -0.05) is 13.8 Å². The summed E-state index contributed by atoms with van der Waals surface area (Å²) < 4.78 is 1.87. The van der Waals surface area contributed by atoms with Gasteiger partial charge in [0.15, 0.2) is 5.65 Å². The van der Waals surface area contributed by atoms with Crippen molar-refractivity contribution < 1.29 is 0 Å². The van der Waals surface area contributed by atoms with Crippen LogP contribution in [-0.4, -0.2) is 49.7 Å². The first kappa shape index (κ1) is 20.0. The molecular weight excluding hydrogens is 386 g/mol. The number of pyridine rings is 2. The third-order valence-electron chi connectivity index (χ3n) is 6.52. The van der Waals surface area contributed by atoms with Gasteiger partial charge in [0.05, 0.1) is 16.7 Å². The number of hydrogen-bond donors (Lipinski definition) is 2. The second kappa shape index (κ2) is 7.34. The minimum atomic E-state index is 0.332. The molecule has 0 saturated carbocycles. The number of aromatic amines is 1. The Labute approximate surface area is 182 Å². The number of nitrogens with one attached hydrogen (secondary N) is 2. The van der Waals surface area contributed by atoms with E-state index < -0.39 is 0 Å². The van der Waals surface area contributed by atoms with E-state index in [9.17, 15) is 0 Å². The summed E-state index contributed by atoms with van der Waals surface area (Å²) in [4.78, 5) is 15.7. The lowest BCUT2D eigenvalue weighted by Crippen LogP contribution is -2.54. The molecule has 7 nitrogen and oxygen atoms in total. The van der Waals surface area contributed by atoms with E-state index in [-0.39, 0.29) is 0 Å². The van der Waals surface area contributed by atoms with E-state index in [1.807, 2.05) is 4.52 Å². The summed E-state index contributed by atoms with van der Waals surface area (Å²) in [6.45, 7) is 15.2. The van der Waals surface area contributed by atoms with Gasteiger partial charge in [-0.15, -0.1) is 0 Å². The molecule has 5 rings (SSSR count). The first-order chi connectivity index (χ1) is 14.8. The average Bonchev–Trinajstić information content (AvgIpc) is 3.33. The van der Waals surface area contributed by atoms with E-state index in [0.29, 0.717) is 18.0 Å². The van der Waals surface area contributed by atoms with E-state index in [2.05, 4.69) is 85.2 Å². The van der Waals surface area contributed by atoms with Gasteiger partial charge in [-0.2, -0.15) is 5.10 Å². The van der Waals surface area contributed by atoms with Crippen LogP contribution < -0.4 is 10.2 Å². The molecule has 0 aromatic carbocycles. The van der Waals surface area contributed by atoms with Crippen molar-refractivity contribution in [1.82, 2.24) is 29.9 Å². The van der Waals surface area contributed by atoms with Gasteiger partial charge in [-0.25, -0.2) is 14.5 Å². The standard InChI is InChI=1S/C24H31N7/c1-13(2)21-22(18-11-31-24(25-12-26-31)17(6)16(18)5)28-19-7-8-20(29-23(19)21)30-9-14(3)27-15(4)10-30/h7-8,11-15,27-28H,9-10H2,1-6H3/t14-,15-/m0/s1. The molecule has 1 saturated heterocycles. The molecule has 1 aliphatic rings. The smallest absolute Gasteiger partial charge is 0.158 e. The van der Waals surface area contributed by atoms with E-state index in [1.165, 1.54) is 11.1 Å². The lowest BCUT2D eigenvalue weighted by Gasteiger charge is -2.37. The summed E-state index contributed by atoms with van der Waals surface area (Å²) in [7, 11) is 0. The molecule has 0 radical (unpaired) electrons. The minimum Gasteiger partial charge on any atom is -0.353 e. The summed E-state index contributed by atoms with van der Waals surface area (Å²) in [6.07, 6.45) is 3.70. The van der Waals surface area contributed by atoms with Gasteiger partial charge in [0.25, 0.3) is 0 Å². The van der Waals surface area contributed by atoms with Gasteiger partial charge in [0.2, 0.25) is 0 Å². The summed E-state index contributed by atoms with van der Waals surface area (Å²) in [5.41, 5.74) is 8.98. The highest BCUT2D eigenvalue weighted by atomic mass is 15.3. The van der Waals surface area contributed by atoms with Crippen molar-refractivity contribution in [2.45, 2.75) is 59.5 Å². The van der Waals surface area contributed by atoms with E-state index in [1.54, 1.807) is 6.33 Å². The number of H-pyrrole nitrogens is 1. The lowest BCUT2D eigenvalue weighted by molar-refractivity contribution is 0.405. The Bertz CT molecular complexity index is 1260. The molecule has 0 amide bonds. The van der Waals surface area contributed by atoms with Crippen molar-refractivity contribution >= 4 is 22.5 Å². The topological polar surface area (TPSA) is 74.1 Å². The molecular formula is C24H31N7. The third kappa shape index (κ3) is 3.28. The first-order valence-electron chi connectivity index (χ1n) is 11.2. The van der Waals surface area contributed by atoms with Crippen molar-refractivity contribution in [3.05, 3.63) is 41.3 Å². The molecule has 1 fully saturated rings. The Morgan fingerprint density at radius 2 is 1.81 bits per heavy atom. The fourth-order valence-electron chi connectivity index (χ4n) is 4.99. The molecule has 4 aromatic rings. The molecule has 5 heterocycles. The van der Waals surface area contributed by atoms with E-state index in [0.717, 1.165) is 52.4 Å². The van der Waals surface area contributed by atoms with Crippen molar-refractivity contribution in [2.24, 2.45) is 0 Å². The normalized spacial score (nSPS) is 19.8. The van der Waals surface area contributed by atoms with Crippen LogP contribution in [0.4, 0.5) is 5.82 Å². The van der Waals surface area contributed by atoms with Crippen molar-refractivity contribution in [1.29, 1.82) is 0 Å². The van der Waals surface area contributed by atoms with Crippen LogP contribution in [-0.2, 0) is 0 Å². The zero-order valence-corrected chi connectivity index (χ0v) is 19.2. The number of fused-ring (bicyclic) bond motifs is 2. The second-order valence-electron chi connectivity index (χ2n) is 9.33. The Morgan fingerprint density at radius 3 is 2.52 bits per heavy atom. The molecule has 2 atom stereocenters. The molecule has 0 aliphatic carbocycles. The number of nitrogens with zero attached hydrogens (tertiary/aromatic N) is 5.